The lowest BCUT2D eigenvalue weighted by atomic mass is 9.92. The first-order valence-corrected chi connectivity index (χ1v) is 9.12. The maximum absolute atomic E-state index is 12.0. The van der Waals surface area contributed by atoms with Gasteiger partial charge in [0.2, 0.25) is 0 Å². The highest BCUT2D eigenvalue weighted by Gasteiger charge is 2.22. The molecule has 0 spiro atoms. The van der Waals surface area contributed by atoms with Crippen LogP contribution in [0.5, 0.6) is 5.75 Å². The molecular formula is C22H26N4O2. The lowest BCUT2D eigenvalue weighted by molar-refractivity contribution is 0.100. The summed E-state index contributed by atoms with van der Waals surface area (Å²) >= 11 is 0. The number of rotatable bonds is 5. The SMILES string of the molecule is COc1ccc(Nc2cc(C(C)(C)C)nn2-c2ccccc2C)c(C(N)=O)c1. The number of para-hydroxylation sites is 1. The Morgan fingerprint density at radius 3 is 2.46 bits per heavy atom. The molecule has 3 rings (SSSR count). The second-order valence-electron chi connectivity index (χ2n) is 7.76. The Labute approximate surface area is 165 Å². The molecule has 0 aliphatic carbocycles. The minimum atomic E-state index is -0.528. The van der Waals surface area contributed by atoms with Crippen LogP contribution in [0.3, 0.4) is 0 Å². The minimum absolute atomic E-state index is 0.128. The number of primary amides is 1. The van der Waals surface area contributed by atoms with Gasteiger partial charge in [0.05, 0.1) is 29.7 Å². The zero-order valence-corrected chi connectivity index (χ0v) is 16.9. The standard InChI is InChI=1S/C22H26N4O2/c1-14-8-6-7-9-18(14)26-20(13-19(25-26)22(2,3)4)24-17-11-10-15(28-5)12-16(17)21(23)27/h6-13,24H,1-5H3,(H2,23,27). The molecule has 0 fully saturated rings. The summed E-state index contributed by atoms with van der Waals surface area (Å²) in [6.07, 6.45) is 0. The van der Waals surface area contributed by atoms with Crippen LogP contribution < -0.4 is 15.8 Å². The van der Waals surface area contributed by atoms with Gasteiger partial charge in [0, 0.05) is 11.5 Å². The van der Waals surface area contributed by atoms with E-state index < -0.39 is 5.91 Å². The molecular weight excluding hydrogens is 352 g/mol. The van der Waals surface area contributed by atoms with Crippen molar-refractivity contribution in [2.24, 2.45) is 5.73 Å². The maximum atomic E-state index is 12.0. The van der Waals surface area contributed by atoms with Crippen molar-refractivity contribution >= 4 is 17.4 Å². The van der Waals surface area contributed by atoms with E-state index in [4.69, 9.17) is 15.6 Å². The van der Waals surface area contributed by atoms with E-state index in [0.717, 1.165) is 22.8 Å². The van der Waals surface area contributed by atoms with Gasteiger partial charge in [0.25, 0.3) is 5.91 Å². The van der Waals surface area contributed by atoms with E-state index in [1.807, 2.05) is 41.9 Å². The molecule has 0 unspecified atom stereocenters. The van der Waals surface area contributed by atoms with E-state index in [1.165, 1.54) is 0 Å². The normalized spacial score (nSPS) is 11.3. The number of anilines is 2. The third-order valence-electron chi connectivity index (χ3n) is 4.58. The Morgan fingerprint density at radius 1 is 1.14 bits per heavy atom. The van der Waals surface area contributed by atoms with Crippen LogP contribution in [-0.2, 0) is 5.41 Å². The lowest BCUT2D eigenvalue weighted by Crippen LogP contribution is -2.14. The van der Waals surface area contributed by atoms with E-state index in [9.17, 15) is 4.79 Å². The second kappa shape index (κ2) is 7.38. The second-order valence-corrected chi connectivity index (χ2v) is 7.76. The van der Waals surface area contributed by atoms with Crippen LogP contribution in [0.25, 0.3) is 5.69 Å². The van der Waals surface area contributed by atoms with Crippen LogP contribution in [0.15, 0.2) is 48.5 Å². The van der Waals surface area contributed by atoms with Gasteiger partial charge in [-0.25, -0.2) is 4.68 Å². The third kappa shape index (κ3) is 3.86. The van der Waals surface area contributed by atoms with Gasteiger partial charge in [-0.1, -0.05) is 39.0 Å². The van der Waals surface area contributed by atoms with Crippen molar-refractivity contribution in [2.75, 3.05) is 12.4 Å². The molecule has 0 saturated carbocycles. The van der Waals surface area contributed by atoms with Crippen molar-refractivity contribution in [3.63, 3.8) is 0 Å². The lowest BCUT2D eigenvalue weighted by Gasteiger charge is -2.14. The summed E-state index contributed by atoms with van der Waals surface area (Å²) in [7, 11) is 1.55. The van der Waals surface area contributed by atoms with E-state index in [1.54, 1.807) is 25.3 Å². The molecule has 3 aromatic rings. The van der Waals surface area contributed by atoms with Gasteiger partial charge in [-0.3, -0.25) is 4.79 Å². The first-order valence-electron chi connectivity index (χ1n) is 9.12. The van der Waals surface area contributed by atoms with Gasteiger partial charge in [0.15, 0.2) is 0 Å². The summed E-state index contributed by atoms with van der Waals surface area (Å²) in [5, 5.41) is 8.17. The molecule has 0 aliphatic rings. The summed E-state index contributed by atoms with van der Waals surface area (Å²) in [5.74, 6) is 0.799. The van der Waals surface area contributed by atoms with E-state index in [-0.39, 0.29) is 5.41 Å². The predicted molar refractivity (Wildman–Crippen MR) is 112 cm³/mol. The Morgan fingerprint density at radius 2 is 1.86 bits per heavy atom. The molecule has 0 bridgehead atoms. The molecule has 0 saturated heterocycles. The number of hydrogen-bond acceptors (Lipinski definition) is 4. The Balaban J connectivity index is 2.13. The Hall–Kier alpha value is -3.28. The smallest absolute Gasteiger partial charge is 0.250 e. The third-order valence-corrected chi connectivity index (χ3v) is 4.58. The summed E-state index contributed by atoms with van der Waals surface area (Å²) in [6.45, 7) is 8.39. The Kier molecular flexibility index (Phi) is 5.14. The molecule has 6 heteroatoms. The van der Waals surface area contributed by atoms with Crippen LogP contribution >= 0.6 is 0 Å². The van der Waals surface area contributed by atoms with E-state index >= 15 is 0 Å². The van der Waals surface area contributed by atoms with Crippen molar-refractivity contribution in [3.8, 4) is 11.4 Å². The van der Waals surface area contributed by atoms with Crippen molar-refractivity contribution in [1.29, 1.82) is 0 Å². The molecule has 1 amide bonds. The number of benzene rings is 2. The zero-order chi connectivity index (χ0) is 20.5. The number of ether oxygens (including phenoxy) is 1. The topological polar surface area (TPSA) is 82.2 Å². The van der Waals surface area contributed by atoms with Crippen molar-refractivity contribution in [2.45, 2.75) is 33.1 Å². The highest BCUT2D eigenvalue weighted by Crippen LogP contribution is 2.31. The number of carbonyl (C=O) groups excluding carboxylic acids is 1. The highest BCUT2D eigenvalue weighted by atomic mass is 16.5. The number of methoxy groups -OCH3 is 1. The number of aryl methyl sites for hydroxylation is 1. The van der Waals surface area contributed by atoms with Crippen LogP contribution in [0.4, 0.5) is 11.5 Å². The zero-order valence-electron chi connectivity index (χ0n) is 16.9. The van der Waals surface area contributed by atoms with Crippen LogP contribution in [0, 0.1) is 6.92 Å². The van der Waals surface area contributed by atoms with Gasteiger partial charge in [0.1, 0.15) is 11.6 Å². The molecule has 1 heterocycles. The summed E-state index contributed by atoms with van der Waals surface area (Å²) in [4.78, 5) is 12.0. The molecule has 0 atom stereocenters. The highest BCUT2D eigenvalue weighted by molar-refractivity contribution is 5.99. The Bertz CT molecular complexity index is 1020. The predicted octanol–water partition coefficient (Wildman–Crippen LogP) is 4.33. The van der Waals surface area contributed by atoms with Crippen LogP contribution in [-0.4, -0.2) is 22.8 Å². The first kappa shape index (κ1) is 19.5. The first-order chi connectivity index (χ1) is 13.2. The summed E-state index contributed by atoms with van der Waals surface area (Å²) < 4.78 is 7.08. The quantitative estimate of drug-likeness (QED) is 0.692. The largest absolute Gasteiger partial charge is 0.497 e. The molecule has 0 aliphatic heterocycles. The van der Waals surface area contributed by atoms with Gasteiger partial charge in [-0.15, -0.1) is 0 Å². The molecule has 0 radical (unpaired) electrons. The van der Waals surface area contributed by atoms with E-state index in [2.05, 4.69) is 26.1 Å². The molecule has 3 N–H and O–H groups in total. The van der Waals surface area contributed by atoms with Gasteiger partial charge >= 0.3 is 0 Å². The van der Waals surface area contributed by atoms with Crippen molar-refractivity contribution in [3.05, 3.63) is 65.4 Å². The fourth-order valence-corrected chi connectivity index (χ4v) is 2.92. The summed E-state index contributed by atoms with van der Waals surface area (Å²) in [5.41, 5.74) is 9.41. The molecule has 1 aromatic heterocycles. The van der Waals surface area contributed by atoms with Crippen molar-refractivity contribution < 1.29 is 9.53 Å². The van der Waals surface area contributed by atoms with Crippen LogP contribution in [0.2, 0.25) is 0 Å². The van der Waals surface area contributed by atoms with Gasteiger partial charge < -0.3 is 15.8 Å². The van der Waals surface area contributed by atoms with Crippen molar-refractivity contribution in [1.82, 2.24) is 9.78 Å². The average molecular weight is 378 g/mol. The molecule has 28 heavy (non-hydrogen) atoms. The van der Waals surface area contributed by atoms with E-state index in [0.29, 0.717) is 17.0 Å². The molecule has 2 aromatic carbocycles. The fraction of sp³-hybridized carbons (Fsp3) is 0.273. The number of nitrogens with zero attached hydrogens (tertiary/aromatic N) is 2. The summed E-state index contributed by atoms with van der Waals surface area (Å²) in [6, 6.07) is 15.2. The number of nitrogens with one attached hydrogen (secondary N) is 1. The number of amides is 1. The maximum Gasteiger partial charge on any atom is 0.250 e. The monoisotopic (exact) mass is 378 g/mol. The minimum Gasteiger partial charge on any atom is -0.497 e. The molecule has 146 valence electrons. The molecule has 6 nitrogen and oxygen atoms in total. The number of aromatic nitrogens is 2. The number of hydrogen-bond donors (Lipinski definition) is 2. The van der Waals surface area contributed by atoms with Gasteiger partial charge in [-0.2, -0.15) is 5.10 Å². The fourth-order valence-electron chi connectivity index (χ4n) is 2.92. The van der Waals surface area contributed by atoms with Crippen LogP contribution in [0.1, 0.15) is 42.4 Å². The average Bonchev–Trinajstić information content (AvgIpc) is 3.06. The number of carbonyl (C=O) groups is 1. The number of nitrogens with two attached hydrogens (primary N) is 1. The van der Waals surface area contributed by atoms with Gasteiger partial charge in [-0.05, 0) is 36.8 Å².